The van der Waals surface area contributed by atoms with Gasteiger partial charge in [-0.1, -0.05) is 12.2 Å². The Morgan fingerprint density at radius 3 is 2.25 bits per heavy atom. The van der Waals surface area contributed by atoms with E-state index < -0.39 is 5.67 Å². The molecule has 2 unspecified atom stereocenters. The van der Waals surface area contributed by atoms with E-state index in [2.05, 4.69) is 6.58 Å². The minimum atomic E-state index is -0.780. The molecule has 4 rings (SSSR count). The summed E-state index contributed by atoms with van der Waals surface area (Å²) in [6.07, 6.45) is 4.91. The molecule has 2 atom stereocenters. The van der Waals surface area contributed by atoms with E-state index in [1.165, 1.54) is 18.4 Å². The average molecular weight is 166 g/mol. The maximum absolute atomic E-state index is 14.0. The Bertz CT molecular complexity index is 225. The van der Waals surface area contributed by atoms with Crippen LogP contribution < -0.4 is 0 Å². The molecule has 0 radical (unpaired) electrons. The van der Waals surface area contributed by atoms with Crippen molar-refractivity contribution >= 4 is 0 Å². The molecule has 4 aliphatic carbocycles. The molecule has 4 bridgehead atoms. The van der Waals surface area contributed by atoms with Crippen molar-refractivity contribution in [2.45, 2.75) is 37.8 Å². The maximum atomic E-state index is 14.0. The lowest BCUT2D eigenvalue weighted by molar-refractivity contribution is -0.0404. The van der Waals surface area contributed by atoms with Crippen molar-refractivity contribution in [3.05, 3.63) is 12.2 Å². The molecular weight excluding hydrogens is 151 g/mol. The third kappa shape index (κ3) is 0.773. The summed E-state index contributed by atoms with van der Waals surface area (Å²) in [5.74, 6) is 1.78. The van der Waals surface area contributed by atoms with Gasteiger partial charge in [0.25, 0.3) is 0 Å². The molecule has 4 aliphatic rings. The van der Waals surface area contributed by atoms with Gasteiger partial charge < -0.3 is 0 Å². The number of hydrogen-bond donors (Lipinski definition) is 0. The van der Waals surface area contributed by atoms with Crippen LogP contribution in [0.25, 0.3) is 0 Å². The molecule has 0 aromatic carbocycles. The first kappa shape index (κ1) is 7.11. The highest BCUT2D eigenvalue weighted by Crippen LogP contribution is 2.58. The Morgan fingerprint density at radius 1 is 1.17 bits per heavy atom. The van der Waals surface area contributed by atoms with Crippen molar-refractivity contribution in [2.24, 2.45) is 17.8 Å². The lowest BCUT2D eigenvalue weighted by Gasteiger charge is -2.54. The van der Waals surface area contributed by atoms with Gasteiger partial charge in [-0.15, -0.1) is 0 Å². The monoisotopic (exact) mass is 166 g/mol. The minimum absolute atomic E-state index is 0.543. The van der Waals surface area contributed by atoms with E-state index in [0.29, 0.717) is 17.8 Å². The molecule has 0 saturated heterocycles. The SMILES string of the molecule is C=C1C2CC3CC1CC(F)(C3)C2. The molecular formula is C11H15F. The number of hydrogen-bond acceptors (Lipinski definition) is 0. The van der Waals surface area contributed by atoms with Crippen molar-refractivity contribution in [3.8, 4) is 0 Å². The maximum Gasteiger partial charge on any atom is 0.112 e. The molecule has 0 amide bonds. The van der Waals surface area contributed by atoms with Crippen LogP contribution in [-0.2, 0) is 0 Å². The second kappa shape index (κ2) is 1.94. The zero-order chi connectivity index (χ0) is 8.34. The Morgan fingerprint density at radius 2 is 1.75 bits per heavy atom. The smallest absolute Gasteiger partial charge is 0.112 e. The van der Waals surface area contributed by atoms with Gasteiger partial charge in [0.1, 0.15) is 5.67 Å². The molecule has 0 heterocycles. The van der Waals surface area contributed by atoms with Crippen molar-refractivity contribution in [1.82, 2.24) is 0 Å². The van der Waals surface area contributed by atoms with Crippen LogP contribution >= 0.6 is 0 Å². The second-order valence-electron chi connectivity index (χ2n) is 5.07. The highest BCUT2D eigenvalue weighted by Gasteiger charge is 2.52. The van der Waals surface area contributed by atoms with Gasteiger partial charge in [0.05, 0.1) is 0 Å². The van der Waals surface area contributed by atoms with E-state index >= 15 is 0 Å². The van der Waals surface area contributed by atoms with E-state index in [9.17, 15) is 4.39 Å². The summed E-state index contributed by atoms with van der Waals surface area (Å²) in [6.45, 7) is 4.12. The molecule has 0 nitrogen and oxygen atoms in total. The molecule has 0 aromatic heterocycles. The molecule has 1 heteroatoms. The summed E-state index contributed by atoms with van der Waals surface area (Å²) in [4.78, 5) is 0. The quantitative estimate of drug-likeness (QED) is 0.485. The molecule has 4 fully saturated rings. The molecule has 0 spiro atoms. The Hall–Kier alpha value is -0.330. The van der Waals surface area contributed by atoms with Crippen LogP contribution in [0.15, 0.2) is 12.2 Å². The highest BCUT2D eigenvalue weighted by molar-refractivity contribution is 5.20. The molecule has 66 valence electrons. The van der Waals surface area contributed by atoms with Crippen molar-refractivity contribution in [3.63, 3.8) is 0 Å². The van der Waals surface area contributed by atoms with Gasteiger partial charge in [-0.2, -0.15) is 0 Å². The second-order valence-corrected chi connectivity index (χ2v) is 5.07. The Balaban J connectivity index is 2.00. The first-order valence-corrected chi connectivity index (χ1v) is 5.04. The summed E-state index contributed by atoms with van der Waals surface area (Å²) in [7, 11) is 0. The summed E-state index contributed by atoms with van der Waals surface area (Å²) in [5.41, 5.74) is 0.594. The topological polar surface area (TPSA) is 0 Å². The molecule has 0 N–H and O–H groups in total. The first-order valence-electron chi connectivity index (χ1n) is 5.04. The summed E-state index contributed by atoms with van der Waals surface area (Å²) >= 11 is 0. The van der Waals surface area contributed by atoms with E-state index in [1.54, 1.807) is 0 Å². The Kier molecular flexibility index (Phi) is 1.15. The fourth-order valence-corrected chi connectivity index (χ4v) is 3.78. The van der Waals surface area contributed by atoms with Crippen LogP contribution in [-0.4, -0.2) is 5.67 Å². The average Bonchev–Trinajstić information content (AvgIpc) is 1.96. The minimum Gasteiger partial charge on any atom is -0.244 e. The van der Waals surface area contributed by atoms with E-state index in [-0.39, 0.29) is 0 Å². The van der Waals surface area contributed by atoms with Crippen LogP contribution in [0.4, 0.5) is 4.39 Å². The first-order chi connectivity index (χ1) is 5.66. The van der Waals surface area contributed by atoms with Crippen molar-refractivity contribution < 1.29 is 4.39 Å². The molecule has 0 aliphatic heterocycles. The third-order valence-electron chi connectivity index (χ3n) is 4.16. The Labute approximate surface area is 72.8 Å². The predicted octanol–water partition coefficient (Wildman–Crippen LogP) is 3.09. The van der Waals surface area contributed by atoms with Crippen molar-refractivity contribution in [1.29, 1.82) is 0 Å². The molecule has 12 heavy (non-hydrogen) atoms. The zero-order valence-electron chi connectivity index (χ0n) is 7.35. The zero-order valence-corrected chi connectivity index (χ0v) is 7.35. The number of rotatable bonds is 0. The largest absolute Gasteiger partial charge is 0.244 e. The highest BCUT2D eigenvalue weighted by atomic mass is 19.1. The van der Waals surface area contributed by atoms with Gasteiger partial charge in [-0.05, 0) is 49.9 Å². The fraction of sp³-hybridized carbons (Fsp3) is 0.818. The van der Waals surface area contributed by atoms with Crippen LogP contribution in [0.1, 0.15) is 32.1 Å². The standard InChI is InChI=1S/C11H15F/c1-7-9-2-8-3-10(7)6-11(12,4-8)5-9/h8-10H,1-6H2. The van der Waals surface area contributed by atoms with E-state index in [4.69, 9.17) is 0 Å². The lowest BCUT2D eigenvalue weighted by atomic mass is 9.53. The van der Waals surface area contributed by atoms with Crippen LogP contribution in [0.3, 0.4) is 0 Å². The van der Waals surface area contributed by atoms with Crippen LogP contribution in [0.5, 0.6) is 0 Å². The normalized spacial score (nSPS) is 56.4. The lowest BCUT2D eigenvalue weighted by Crippen LogP contribution is -2.48. The van der Waals surface area contributed by atoms with Gasteiger partial charge in [0.2, 0.25) is 0 Å². The van der Waals surface area contributed by atoms with Crippen molar-refractivity contribution in [2.75, 3.05) is 0 Å². The van der Waals surface area contributed by atoms with Gasteiger partial charge in [-0.3, -0.25) is 0 Å². The molecule has 0 aromatic rings. The van der Waals surface area contributed by atoms with E-state index in [1.807, 2.05) is 0 Å². The van der Waals surface area contributed by atoms with Gasteiger partial charge in [0, 0.05) is 0 Å². The van der Waals surface area contributed by atoms with Crippen LogP contribution in [0, 0.1) is 17.8 Å². The number of alkyl halides is 1. The van der Waals surface area contributed by atoms with Gasteiger partial charge in [0.15, 0.2) is 0 Å². The third-order valence-corrected chi connectivity index (χ3v) is 4.16. The fourth-order valence-electron chi connectivity index (χ4n) is 3.78. The number of halogens is 1. The molecule has 4 saturated carbocycles. The van der Waals surface area contributed by atoms with Gasteiger partial charge >= 0.3 is 0 Å². The van der Waals surface area contributed by atoms with Gasteiger partial charge in [-0.25, -0.2) is 4.39 Å². The van der Waals surface area contributed by atoms with Crippen LogP contribution in [0.2, 0.25) is 0 Å². The number of allylic oxidation sites excluding steroid dienone is 1. The summed E-state index contributed by atoms with van der Waals surface area (Å²) in [5, 5.41) is 0. The summed E-state index contributed by atoms with van der Waals surface area (Å²) in [6, 6.07) is 0. The predicted molar refractivity (Wildman–Crippen MR) is 46.5 cm³/mol. The van der Waals surface area contributed by atoms with E-state index in [0.717, 1.165) is 19.3 Å². The summed E-state index contributed by atoms with van der Waals surface area (Å²) < 4.78 is 14.0.